The van der Waals surface area contributed by atoms with E-state index in [2.05, 4.69) is 5.32 Å². The van der Waals surface area contributed by atoms with E-state index in [-0.39, 0.29) is 17.7 Å². The van der Waals surface area contributed by atoms with Crippen LogP contribution in [0.4, 0.5) is 5.69 Å². The van der Waals surface area contributed by atoms with Crippen molar-refractivity contribution in [1.29, 1.82) is 0 Å². The van der Waals surface area contributed by atoms with Crippen molar-refractivity contribution in [2.45, 2.75) is 52.0 Å². The highest BCUT2D eigenvalue weighted by Gasteiger charge is 2.33. The fraction of sp³-hybridized carbons (Fsp3) is 0.440. The van der Waals surface area contributed by atoms with Gasteiger partial charge in [-0.05, 0) is 56.9 Å². The first kappa shape index (κ1) is 24.9. The van der Waals surface area contributed by atoms with E-state index in [9.17, 15) is 18.0 Å². The maximum absolute atomic E-state index is 13.1. The lowest BCUT2D eigenvalue weighted by Gasteiger charge is -2.31. The maximum Gasteiger partial charge on any atom is 0.243 e. The standard InChI is InChI=1S/C25H33N3O4S/c1-5-27(20(4)29)17-22-8-6-7-9-23(22)26-25(30)21-12-14-28(15-13-21)33(31,32)24-11-10-18(2)16-19(24)3/h6-11,16,21H,5,12-15,17H2,1-4H3,(H,26,30). The van der Waals surface area contributed by atoms with Gasteiger partial charge in [0.05, 0.1) is 4.90 Å². The van der Waals surface area contributed by atoms with Crippen LogP contribution in [0.3, 0.4) is 0 Å². The lowest BCUT2D eigenvalue weighted by atomic mass is 9.97. The molecule has 1 heterocycles. The molecule has 1 aliphatic rings. The van der Waals surface area contributed by atoms with Gasteiger partial charge in [-0.2, -0.15) is 4.31 Å². The highest BCUT2D eigenvalue weighted by molar-refractivity contribution is 7.89. The number of carbonyl (C=O) groups excluding carboxylic acids is 2. The van der Waals surface area contributed by atoms with Crippen LogP contribution >= 0.6 is 0 Å². The smallest absolute Gasteiger partial charge is 0.243 e. The number of hydrogen-bond donors (Lipinski definition) is 1. The summed E-state index contributed by atoms with van der Waals surface area (Å²) >= 11 is 0. The summed E-state index contributed by atoms with van der Waals surface area (Å²) < 4.78 is 27.7. The van der Waals surface area contributed by atoms with Crippen LogP contribution in [0.2, 0.25) is 0 Å². The molecule has 2 aromatic carbocycles. The fourth-order valence-electron chi connectivity index (χ4n) is 4.25. The molecule has 0 atom stereocenters. The zero-order chi connectivity index (χ0) is 24.2. The van der Waals surface area contributed by atoms with Gasteiger partial charge in [0.15, 0.2) is 0 Å². The molecule has 178 valence electrons. The van der Waals surface area contributed by atoms with Crippen molar-refractivity contribution in [1.82, 2.24) is 9.21 Å². The summed E-state index contributed by atoms with van der Waals surface area (Å²) in [6.45, 7) is 8.83. The van der Waals surface area contributed by atoms with E-state index in [1.165, 1.54) is 11.2 Å². The summed E-state index contributed by atoms with van der Waals surface area (Å²) in [5.41, 5.74) is 3.32. The number of sulfonamides is 1. The largest absolute Gasteiger partial charge is 0.339 e. The Morgan fingerprint density at radius 3 is 2.36 bits per heavy atom. The molecule has 0 saturated carbocycles. The third kappa shape index (κ3) is 5.81. The number of carbonyl (C=O) groups is 2. The van der Waals surface area contributed by atoms with Gasteiger partial charge in [0, 0.05) is 44.7 Å². The van der Waals surface area contributed by atoms with Gasteiger partial charge in [0.2, 0.25) is 21.8 Å². The average Bonchev–Trinajstić information content (AvgIpc) is 2.78. The van der Waals surface area contributed by atoms with Crippen LogP contribution in [0.25, 0.3) is 0 Å². The molecule has 0 aromatic heterocycles. The number of amides is 2. The van der Waals surface area contributed by atoms with E-state index in [4.69, 9.17) is 0 Å². The maximum atomic E-state index is 13.1. The van der Waals surface area contributed by atoms with Gasteiger partial charge in [-0.25, -0.2) is 8.42 Å². The van der Waals surface area contributed by atoms with E-state index in [0.29, 0.717) is 49.6 Å². The molecule has 0 spiro atoms. The molecule has 2 aromatic rings. The number of para-hydroxylation sites is 1. The monoisotopic (exact) mass is 471 g/mol. The molecule has 2 amide bonds. The van der Waals surface area contributed by atoms with Gasteiger partial charge < -0.3 is 10.2 Å². The van der Waals surface area contributed by atoms with Gasteiger partial charge in [-0.1, -0.05) is 35.9 Å². The van der Waals surface area contributed by atoms with Gasteiger partial charge in [0.25, 0.3) is 0 Å². The number of benzene rings is 2. The van der Waals surface area contributed by atoms with Crippen molar-refractivity contribution in [3.8, 4) is 0 Å². The van der Waals surface area contributed by atoms with Gasteiger partial charge >= 0.3 is 0 Å². The number of hydrogen-bond acceptors (Lipinski definition) is 4. The normalized spacial score (nSPS) is 15.3. The summed E-state index contributed by atoms with van der Waals surface area (Å²) in [4.78, 5) is 26.8. The third-order valence-corrected chi connectivity index (χ3v) is 8.30. The molecule has 0 bridgehead atoms. The second-order valence-electron chi connectivity index (χ2n) is 8.63. The molecule has 1 saturated heterocycles. The Balaban J connectivity index is 1.65. The molecule has 1 aliphatic heterocycles. The molecule has 3 rings (SSSR count). The van der Waals surface area contributed by atoms with Crippen molar-refractivity contribution in [3.63, 3.8) is 0 Å². The van der Waals surface area contributed by atoms with E-state index < -0.39 is 10.0 Å². The summed E-state index contributed by atoms with van der Waals surface area (Å²) in [5.74, 6) is -0.397. The number of anilines is 1. The Morgan fingerprint density at radius 2 is 1.76 bits per heavy atom. The summed E-state index contributed by atoms with van der Waals surface area (Å²) in [7, 11) is -3.58. The molecule has 0 radical (unpaired) electrons. The van der Waals surface area contributed by atoms with Gasteiger partial charge in [0.1, 0.15) is 0 Å². The highest BCUT2D eigenvalue weighted by Crippen LogP contribution is 2.27. The second-order valence-corrected chi connectivity index (χ2v) is 10.5. The first-order valence-electron chi connectivity index (χ1n) is 11.3. The zero-order valence-corrected chi connectivity index (χ0v) is 20.6. The van der Waals surface area contributed by atoms with Crippen molar-refractivity contribution < 1.29 is 18.0 Å². The molecule has 33 heavy (non-hydrogen) atoms. The quantitative estimate of drug-likeness (QED) is 0.667. The fourth-order valence-corrected chi connectivity index (χ4v) is 5.93. The minimum absolute atomic E-state index is 0.0176. The molecule has 1 N–H and O–H groups in total. The topological polar surface area (TPSA) is 86.8 Å². The van der Waals surface area contributed by atoms with Crippen LogP contribution in [0.1, 0.15) is 43.4 Å². The molecular formula is C25H33N3O4S. The molecular weight excluding hydrogens is 438 g/mol. The molecule has 0 unspecified atom stereocenters. The number of nitrogens with zero attached hydrogens (tertiary/aromatic N) is 2. The molecule has 0 aliphatic carbocycles. The SMILES string of the molecule is CCN(Cc1ccccc1NC(=O)C1CCN(S(=O)(=O)c2ccc(C)cc2C)CC1)C(C)=O. The summed E-state index contributed by atoms with van der Waals surface area (Å²) in [5, 5.41) is 3.00. The lowest BCUT2D eigenvalue weighted by Crippen LogP contribution is -2.41. The zero-order valence-electron chi connectivity index (χ0n) is 19.8. The Bertz CT molecular complexity index is 1120. The Hall–Kier alpha value is -2.71. The predicted molar refractivity (Wildman–Crippen MR) is 129 cm³/mol. The van der Waals surface area contributed by atoms with Crippen molar-refractivity contribution in [2.75, 3.05) is 25.0 Å². The number of aryl methyl sites for hydroxylation is 2. The number of piperidine rings is 1. The minimum atomic E-state index is -3.58. The van der Waals surface area contributed by atoms with Crippen LogP contribution in [-0.4, -0.2) is 49.1 Å². The van der Waals surface area contributed by atoms with Crippen molar-refractivity contribution in [2.24, 2.45) is 5.92 Å². The third-order valence-electron chi connectivity index (χ3n) is 6.24. The van der Waals surface area contributed by atoms with Crippen LogP contribution in [-0.2, 0) is 26.2 Å². The van der Waals surface area contributed by atoms with Crippen LogP contribution in [0.15, 0.2) is 47.4 Å². The first-order valence-corrected chi connectivity index (χ1v) is 12.8. The second kappa shape index (κ2) is 10.5. The van der Waals surface area contributed by atoms with Gasteiger partial charge in [-0.15, -0.1) is 0 Å². The highest BCUT2D eigenvalue weighted by atomic mass is 32.2. The Labute approximate surface area is 196 Å². The minimum Gasteiger partial charge on any atom is -0.339 e. The molecule has 7 nitrogen and oxygen atoms in total. The van der Waals surface area contributed by atoms with E-state index in [0.717, 1.165) is 16.7 Å². The number of nitrogens with one attached hydrogen (secondary N) is 1. The Morgan fingerprint density at radius 1 is 1.09 bits per heavy atom. The van der Waals surface area contributed by atoms with Crippen molar-refractivity contribution in [3.05, 3.63) is 59.2 Å². The van der Waals surface area contributed by atoms with Crippen LogP contribution in [0.5, 0.6) is 0 Å². The van der Waals surface area contributed by atoms with Crippen LogP contribution < -0.4 is 5.32 Å². The predicted octanol–water partition coefficient (Wildman–Crippen LogP) is 3.71. The molecule has 1 fully saturated rings. The van der Waals surface area contributed by atoms with Crippen LogP contribution in [0, 0.1) is 19.8 Å². The average molecular weight is 472 g/mol. The van der Waals surface area contributed by atoms with E-state index in [1.54, 1.807) is 11.0 Å². The molecule has 8 heteroatoms. The summed E-state index contributed by atoms with van der Waals surface area (Å²) in [6, 6.07) is 12.8. The lowest BCUT2D eigenvalue weighted by molar-refractivity contribution is -0.129. The van der Waals surface area contributed by atoms with Crippen molar-refractivity contribution >= 4 is 27.5 Å². The van der Waals surface area contributed by atoms with E-state index in [1.807, 2.05) is 57.2 Å². The number of rotatable bonds is 7. The van der Waals surface area contributed by atoms with Gasteiger partial charge in [-0.3, -0.25) is 9.59 Å². The first-order chi connectivity index (χ1) is 15.6. The summed E-state index contributed by atoms with van der Waals surface area (Å²) in [6.07, 6.45) is 0.930. The van der Waals surface area contributed by atoms with E-state index >= 15 is 0 Å². The Kier molecular flexibility index (Phi) is 7.92.